The average Bonchev–Trinajstić information content (AvgIpc) is 2.97. The number of rotatable bonds is 5. The maximum absolute atomic E-state index is 11.7. The molecule has 0 aromatic carbocycles. The lowest BCUT2D eigenvalue weighted by molar-refractivity contribution is 0.0949. The normalized spacial score (nSPS) is 10.6. The predicted molar refractivity (Wildman–Crippen MR) is 76.4 cm³/mol. The van der Waals surface area contributed by atoms with Crippen molar-refractivity contribution in [1.82, 2.24) is 10.3 Å². The van der Waals surface area contributed by atoms with Gasteiger partial charge in [-0.2, -0.15) is 0 Å². The topological polar surface area (TPSA) is 68.0 Å². The van der Waals surface area contributed by atoms with Gasteiger partial charge in [0.2, 0.25) is 0 Å². The molecule has 2 heterocycles. The number of thiophene rings is 1. The SMILES string of the molecule is NCCCNC(=O)c1csc(-c2ccc(Cl)s2)n1. The second-order valence-corrected chi connectivity index (χ2v) is 6.11. The van der Waals surface area contributed by atoms with Crippen molar-refractivity contribution in [2.24, 2.45) is 5.73 Å². The zero-order valence-electron chi connectivity index (χ0n) is 9.48. The minimum absolute atomic E-state index is 0.159. The third kappa shape index (κ3) is 3.29. The third-order valence-electron chi connectivity index (χ3n) is 2.19. The molecule has 0 fully saturated rings. The Morgan fingerprint density at radius 1 is 1.50 bits per heavy atom. The lowest BCUT2D eigenvalue weighted by Gasteiger charge is -2.00. The molecule has 2 aromatic rings. The Morgan fingerprint density at radius 3 is 3.00 bits per heavy atom. The average molecular weight is 302 g/mol. The molecule has 2 rings (SSSR count). The highest BCUT2D eigenvalue weighted by Gasteiger charge is 2.12. The van der Waals surface area contributed by atoms with E-state index in [9.17, 15) is 4.79 Å². The number of hydrogen-bond donors (Lipinski definition) is 2. The molecule has 0 aliphatic carbocycles. The monoisotopic (exact) mass is 301 g/mol. The number of nitrogens with one attached hydrogen (secondary N) is 1. The standard InChI is InChI=1S/C11H12ClN3OS2/c12-9-3-2-8(18-9)11-15-7(6-17-11)10(16)14-5-1-4-13/h2-3,6H,1,4-5,13H2,(H,14,16). The molecular formula is C11H12ClN3OS2. The van der Waals surface area contributed by atoms with E-state index < -0.39 is 0 Å². The number of hydrogen-bond acceptors (Lipinski definition) is 5. The fourth-order valence-electron chi connectivity index (χ4n) is 1.31. The number of amides is 1. The Kier molecular flexibility index (Phi) is 4.71. The molecule has 18 heavy (non-hydrogen) atoms. The number of aromatic nitrogens is 1. The first-order valence-electron chi connectivity index (χ1n) is 5.40. The van der Waals surface area contributed by atoms with Gasteiger partial charge in [0.1, 0.15) is 10.7 Å². The molecular weight excluding hydrogens is 290 g/mol. The summed E-state index contributed by atoms with van der Waals surface area (Å²) >= 11 is 8.76. The molecule has 96 valence electrons. The van der Waals surface area contributed by atoms with E-state index in [1.807, 2.05) is 12.1 Å². The number of carbonyl (C=O) groups is 1. The van der Waals surface area contributed by atoms with Crippen LogP contribution in [0.15, 0.2) is 17.5 Å². The van der Waals surface area contributed by atoms with Crippen LogP contribution >= 0.6 is 34.3 Å². The molecule has 0 aliphatic heterocycles. The molecule has 3 N–H and O–H groups in total. The number of carbonyl (C=O) groups excluding carboxylic acids is 1. The summed E-state index contributed by atoms with van der Waals surface area (Å²) in [6.45, 7) is 1.14. The maximum atomic E-state index is 11.7. The van der Waals surface area contributed by atoms with E-state index in [0.717, 1.165) is 16.3 Å². The molecule has 2 aromatic heterocycles. The Balaban J connectivity index is 2.04. The van der Waals surface area contributed by atoms with Crippen LogP contribution in [-0.4, -0.2) is 24.0 Å². The van der Waals surface area contributed by atoms with Crippen LogP contribution in [-0.2, 0) is 0 Å². The highest BCUT2D eigenvalue weighted by atomic mass is 35.5. The summed E-state index contributed by atoms with van der Waals surface area (Å²) in [5.74, 6) is -0.159. The number of nitrogens with zero attached hydrogens (tertiary/aromatic N) is 1. The van der Waals surface area contributed by atoms with Gasteiger partial charge in [-0.05, 0) is 25.1 Å². The van der Waals surface area contributed by atoms with Gasteiger partial charge in [0.05, 0.1) is 9.21 Å². The lowest BCUT2D eigenvalue weighted by Crippen LogP contribution is -2.26. The van der Waals surface area contributed by atoms with E-state index >= 15 is 0 Å². The van der Waals surface area contributed by atoms with Gasteiger partial charge in [0.15, 0.2) is 0 Å². The van der Waals surface area contributed by atoms with E-state index in [-0.39, 0.29) is 5.91 Å². The third-order valence-corrected chi connectivity index (χ3v) is 4.43. The van der Waals surface area contributed by atoms with E-state index in [1.54, 1.807) is 5.38 Å². The smallest absolute Gasteiger partial charge is 0.270 e. The van der Waals surface area contributed by atoms with E-state index in [4.69, 9.17) is 17.3 Å². The Labute approximate surface area is 118 Å². The van der Waals surface area contributed by atoms with E-state index in [0.29, 0.717) is 23.1 Å². The molecule has 4 nitrogen and oxygen atoms in total. The molecule has 0 unspecified atom stereocenters. The quantitative estimate of drug-likeness (QED) is 0.834. The van der Waals surface area contributed by atoms with Crippen LogP contribution in [0.25, 0.3) is 9.88 Å². The van der Waals surface area contributed by atoms with Gasteiger partial charge in [-0.15, -0.1) is 22.7 Å². The molecule has 0 spiro atoms. The second-order valence-electron chi connectivity index (χ2n) is 3.54. The van der Waals surface area contributed by atoms with Gasteiger partial charge in [-0.1, -0.05) is 11.6 Å². The van der Waals surface area contributed by atoms with E-state index in [1.165, 1.54) is 22.7 Å². The zero-order chi connectivity index (χ0) is 13.0. The summed E-state index contributed by atoms with van der Waals surface area (Å²) in [7, 11) is 0. The maximum Gasteiger partial charge on any atom is 0.270 e. The van der Waals surface area contributed by atoms with Crippen LogP contribution in [0, 0.1) is 0 Å². The Bertz CT molecular complexity index is 538. The van der Waals surface area contributed by atoms with Crippen LogP contribution in [0.1, 0.15) is 16.9 Å². The number of halogens is 1. The van der Waals surface area contributed by atoms with Crippen LogP contribution in [0.2, 0.25) is 4.34 Å². The largest absolute Gasteiger partial charge is 0.351 e. The number of nitrogens with two attached hydrogens (primary N) is 1. The minimum Gasteiger partial charge on any atom is -0.351 e. The summed E-state index contributed by atoms with van der Waals surface area (Å²) in [4.78, 5) is 17.0. The summed E-state index contributed by atoms with van der Waals surface area (Å²) < 4.78 is 0.717. The first-order chi connectivity index (χ1) is 8.70. The second kappa shape index (κ2) is 6.29. The Hall–Kier alpha value is -0.950. The molecule has 0 aliphatic rings. The van der Waals surface area contributed by atoms with Gasteiger partial charge >= 0.3 is 0 Å². The minimum atomic E-state index is -0.159. The van der Waals surface area contributed by atoms with Crippen molar-refractivity contribution in [3.8, 4) is 9.88 Å². The first-order valence-corrected chi connectivity index (χ1v) is 7.47. The molecule has 0 saturated carbocycles. The fraction of sp³-hybridized carbons (Fsp3) is 0.273. The lowest BCUT2D eigenvalue weighted by atomic mass is 10.4. The summed E-state index contributed by atoms with van der Waals surface area (Å²) in [5, 5.41) is 5.34. The molecule has 0 atom stereocenters. The van der Waals surface area contributed by atoms with Crippen molar-refractivity contribution >= 4 is 40.2 Å². The van der Waals surface area contributed by atoms with Crippen LogP contribution in [0.3, 0.4) is 0 Å². The van der Waals surface area contributed by atoms with Crippen LogP contribution in [0.5, 0.6) is 0 Å². The van der Waals surface area contributed by atoms with Crippen LogP contribution < -0.4 is 11.1 Å². The zero-order valence-corrected chi connectivity index (χ0v) is 11.9. The molecule has 0 bridgehead atoms. The summed E-state index contributed by atoms with van der Waals surface area (Å²) in [5.41, 5.74) is 5.80. The first kappa shape index (κ1) is 13.5. The van der Waals surface area contributed by atoms with Crippen LogP contribution in [0.4, 0.5) is 0 Å². The van der Waals surface area contributed by atoms with Crippen molar-refractivity contribution in [2.45, 2.75) is 6.42 Å². The van der Waals surface area contributed by atoms with Crippen molar-refractivity contribution in [3.63, 3.8) is 0 Å². The molecule has 7 heteroatoms. The summed E-state index contributed by atoms with van der Waals surface area (Å²) in [6, 6.07) is 3.73. The summed E-state index contributed by atoms with van der Waals surface area (Å²) in [6.07, 6.45) is 0.767. The number of thiazole rings is 1. The highest BCUT2D eigenvalue weighted by molar-refractivity contribution is 7.23. The van der Waals surface area contributed by atoms with Gasteiger partial charge in [-0.25, -0.2) is 4.98 Å². The van der Waals surface area contributed by atoms with Crippen molar-refractivity contribution in [2.75, 3.05) is 13.1 Å². The molecule has 0 radical (unpaired) electrons. The predicted octanol–water partition coefficient (Wildman–Crippen LogP) is 2.60. The highest BCUT2D eigenvalue weighted by Crippen LogP contribution is 2.32. The van der Waals surface area contributed by atoms with Gasteiger partial charge < -0.3 is 11.1 Å². The van der Waals surface area contributed by atoms with Gasteiger partial charge in [0.25, 0.3) is 5.91 Å². The van der Waals surface area contributed by atoms with Gasteiger partial charge in [0, 0.05) is 11.9 Å². The van der Waals surface area contributed by atoms with Crippen molar-refractivity contribution < 1.29 is 4.79 Å². The Morgan fingerprint density at radius 2 is 2.33 bits per heavy atom. The molecule has 1 amide bonds. The van der Waals surface area contributed by atoms with Crippen molar-refractivity contribution in [3.05, 3.63) is 27.5 Å². The van der Waals surface area contributed by atoms with Gasteiger partial charge in [-0.3, -0.25) is 4.79 Å². The van der Waals surface area contributed by atoms with Crippen molar-refractivity contribution in [1.29, 1.82) is 0 Å². The fourth-order valence-corrected chi connectivity index (χ4v) is 3.23. The van der Waals surface area contributed by atoms with E-state index in [2.05, 4.69) is 10.3 Å². The molecule has 0 saturated heterocycles.